The summed E-state index contributed by atoms with van der Waals surface area (Å²) in [5, 5.41) is 14.4. The SMILES string of the molecule is O=C(O)c1cncc(NC2CCCNC2=O)n1. The van der Waals surface area contributed by atoms with E-state index in [4.69, 9.17) is 5.11 Å². The fourth-order valence-corrected chi connectivity index (χ4v) is 1.63. The summed E-state index contributed by atoms with van der Waals surface area (Å²) in [5.41, 5.74) is -0.147. The number of hydrogen-bond donors (Lipinski definition) is 3. The lowest BCUT2D eigenvalue weighted by molar-refractivity contribution is -0.123. The summed E-state index contributed by atoms with van der Waals surface area (Å²) >= 11 is 0. The first-order valence-corrected chi connectivity index (χ1v) is 5.26. The van der Waals surface area contributed by atoms with Crippen LogP contribution in [0.4, 0.5) is 5.82 Å². The first kappa shape index (κ1) is 11.3. The van der Waals surface area contributed by atoms with E-state index in [0.29, 0.717) is 18.8 Å². The van der Waals surface area contributed by atoms with Crippen molar-refractivity contribution in [2.45, 2.75) is 18.9 Å². The topological polar surface area (TPSA) is 104 Å². The van der Waals surface area contributed by atoms with Gasteiger partial charge in [0.25, 0.3) is 0 Å². The van der Waals surface area contributed by atoms with E-state index in [1.165, 1.54) is 6.20 Å². The van der Waals surface area contributed by atoms with Crippen molar-refractivity contribution in [3.8, 4) is 0 Å². The van der Waals surface area contributed by atoms with Gasteiger partial charge in [0.05, 0.1) is 12.4 Å². The summed E-state index contributed by atoms with van der Waals surface area (Å²) in [7, 11) is 0. The van der Waals surface area contributed by atoms with E-state index in [0.717, 1.165) is 12.6 Å². The first-order valence-electron chi connectivity index (χ1n) is 5.26. The molecule has 3 N–H and O–H groups in total. The minimum atomic E-state index is -1.14. The quantitative estimate of drug-likeness (QED) is 0.675. The van der Waals surface area contributed by atoms with Gasteiger partial charge in [-0.3, -0.25) is 9.78 Å². The molecule has 1 unspecified atom stereocenters. The van der Waals surface area contributed by atoms with Crippen LogP contribution in [0.2, 0.25) is 0 Å². The van der Waals surface area contributed by atoms with Crippen LogP contribution >= 0.6 is 0 Å². The highest BCUT2D eigenvalue weighted by Crippen LogP contribution is 2.10. The average Bonchev–Trinajstić information content (AvgIpc) is 2.32. The van der Waals surface area contributed by atoms with Gasteiger partial charge in [0, 0.05) is 6.54 Å². The highest BCUT2D eigenvalue weighted by molar-refractivity contribution is 5.86. The largest absolute Gasteiger partial charge is 0.476 e. The van der Waals surface area contributed by atoms with Crippen LogP contribution in [0.25, 0.3) is 0 Å². The Morgan fingerprint density at radius 3 is 3.06 bits per heavy atom. The maximum Gasteiger partial charge on any atom is 0.356 e. The third-order valence-electron chi connectivity index (χ3n) is 2.46. The molecule has 1 aliphatic heterocycles. The molecule has 0 aromatic carbocycles. The third-order valence-corrected chi connectivity index (χ3v) is 2.46. The number of carbonyl (C=O) groups is 2. The maximum atomic E-state index is 11.5. The molecule has 1 saturated heterocycles. The van der Waals surface area contributed by atoms with Crippen molar-refractivity contribution < 1.29 is 14.7 Å². The van der Waals surface area contributed by atoms with E-state index in [9.17, 15) is 9.59 Å². The van der Waals surface area contributed by atoms with Crippen molar-refractivity contribution in [1.82, 2.24) is 15.3 Å². The van der Waals surface area contributed by atoms with Crippen LogP contribution in [0.5, 0.6) is 0 Å². The summed E-state index contributed by atoms with van der Waals surface area (Å²) in [6, 6.07) is -0.373. The number of anilines is 1. The number of nitrogens with zero attached hydrogens (tertiary/aromatic N) is 2. The highest BCUT2D eigenvalue weighted by atomic mass is 16.4. The van der Waals surface area contributed by atoms with Gasteiger partial charge in [-0.2, -0.15) is 0 Å². The van der Waals surface area contributed by atoms with E-state index in [2.05, 4.69) is 20.6 Å². The minimum absolute atomic E-state index is 0.0984. The number of carbonyl (C=O) groups excluding carboxylic acids is 1. The molecule has 1 aliphatic rings. The third kappa shape index (κ3) is 2.68. The van der Waals surface area contributed by atoms with Gasteiger partial charge in [-0.05, 0) is 12.8 Å². The lowest BCUT2D eigenvalue weighted by atomic mass is 10.1. The van der Waals surface area contributed by atoms with Gasteiger partial charge in [-0.25, -0.2) is 9.78 Å². The first-order chi connectivity index (χ1) is 8.16. The summed E-state index contributed by atoms with van der Waals surface area (Å²) < 4.78 is 0. The zero-order valence-corrected chi connectivity index (χ0v) is 9.01. The fourth-order valence-electron chi connectivity index (χ4n) is 1.63. The molecule has 0 aliphatic carbocycles. The molecular weight excluding hydrogens is 224 g/mol. The second-order valence-corrected chi connectivity index (χ2v) is 3.72. The van der Waals surface area contributed by atoms with Crippen molar-refractivity contribution >= 4 is 17.7 Å². The molecule has 0 bridgehead atoms. The lowest BCUT2D eigenvalue weighted by Gasteiger charge is -2.22. The predicted octanol–water partition coefficient (Wildman–Crippen LogP) is -0.135. The summed E-state index contributed by atoms with van der Waals surface area (Å²) in [5.74, 6) is -0.944. The Bertz CT molecular complexity index is 449. The fraction of sp³-hybridized carbons (Fsp3) is 0.400. The highest BCUT2D eigenvalue weighted by Gasteiger charge is 2.22. The predicted molar refractivity (Wildman–Crippen MR) is 58.6 cm³/mol. The van der Waals surface area contributed by atoms with Crippen LogP contribution in [-0.4, -0.2) is 39.5 Å². The lowest BCUT2D eigenvalue weighted by Crippen LogP contribution is -2.44. The summed E-state index contributed by atoms with van der Waals surface area (Å²) in [6.45, 7) is 0.678. The smallest absolute Gasteiger partial charge is 0.356 e. The van der Waals surface area contributed by atoms with Gasteiger partial charge in [0.15, 0.2) is 5.69 Å². The van der Waals surface area contributed by atoms with Crippen LogP contribution in [0, 0.1) is 0 Å². The Labute approximate surface area is 97.3 Å². The number of piperidine rings is 1. The molecule has 1 fully saturated rings. The van der Waals surface area contributed by atoms with E-state index in [1.807, 2.05) is 0 Å². The van der Waals surface area contributed by atoms with Crippen molar-refractivity contribution in [3.05, 3.63) is 18.1 Å². The molecule has 2 rings (SSSR count). The zero-order chi connectivity index (χ0) is 12.3. The monoisotopic (exact) mass is 236 g/mol. The average molecular weight is 236 g/mol. The second kappa shape index (κ2) is 4.77. The van der Waals surface area contributed by atoms with Crippen LogP contribution in [-0.2, 0) is 4.79 Å². The summed E-state index contributed by atoms with van der Waals surface area (Å²) in [6.07, 6.45) is 4.14. The number of aromatic nitrogens is 2. The minimum Gasteiger partial charge on any atom is -0.476 e. The van der Waals surface area contributed by atoms with Gasteiger partial charge in [-0.15, -0.1) is 0 Å². The number of carboxylic acids is 1. The normalized spacial score (nSPS) is 19.5. The Morgan fingerprint density at radius 1 is 1.53 bits per heavy atom. The van der Waals surface area contributed by atoms with Crippen molar-refractivity contribution in [2.75, 3.05) is 11.9 Å². The number of amides is 1. The molecule has 0 spiro atoms. The molecule has 1 amide bonds. The van der Waals surface area contributed by atoms with Gasteiger partial charge in [0.1, 0.15) is 11.9 Å². The van der Waals surface area contributed by atoms with Gasteiger partial charge in [-0.1, -0.05) is 0 Å². The van der Waals surface area contributed by atoms with Crippen molar-refractivity contribution in [1.29, 1.82) is 0 Å². The number of rotatable bonds is 3. The van der Waals surface area contributed by atoms with Gasteiger partial charge in [0.2, 0.25) is 5.91 Å². The summed E-state index contributed by atoms with van der Waals surface area (Å²) in [4.78, 5) is 29.8. The number of nitrogens with one attached hydrogen (secondary N) is 2. The number of aromatic carboxylic acids is 1. The van der Waals surface area contributed by atoms with Crippen molar-refractivity contribution in [2.24, 2.45) is 0 Å². The molecule has 0 saturated carbocycles. The Morgan fingerprint density at radius 2 is 2.35 bits per heavy atom. The Hall–Kier alpha value is -2.18. The van der Waals surface area contributed by atoms with E-state index >= 15 is 0 Å². The molecule has 1 aromatic rings. The van der Waals surface area contributed by atoms with E-state index in [1.54, 1.807) is 0 Å². The molecule has 2 heterocycles. The standard InChI is InChI=1S/C10H12N4O3/c15-9-6(2-1-3-12-9)13-8-5-11-4-7(14-8)10(16)17/h4-6H,1-3H2,(H,12,15)(H,13,14)(H,16,17). The molecule has 7 heteroatoms. The molecule has 17 heavy (non-hydrogen) atoms. The number of hydrogen-bond acceptors (Lipinski definition) is 5. The molecule has 7 nitrogen and oxygen atoms in total. The van der Waals surface area contributed by atoms with E-state index in [-0.39, 0.29) is 17.6 Å². The molecule has 0 radical (unpaired) electrons. The molecule has 90 valence electrons. The zero-order valence-electron chi connectivity index (χ0n) is 9.01. The van der Waals surface area contributed by atoms with Crippen LogP contribution in [0.1, 0.15) is 23.3 Å². The van der Waals surface area contributed by atoms with Crippen LogP contribution in [0.3, 0.4) is 0 Å². The van der Waals surface area contributed by atoms with Gasteiger partial charge >= 0.3 is 5.97 Å². The molecule has 1 atom stereocenters. The molecule has 1 aromatic heterocycles. The second-order valence-electron chi connectivity index (χ2n) is 3.72. The van der Waals surface area contributed by atoms with Crippen molar-refractivity contribution in [3.63, 3.8) is 0 Å². The van der Waals surface area contributed by atoms with Crippen LogP contribution in [0.15, 0.2) is 12.4 Å². The Kier molecular flexibility index (Phi) is 3.17. The number of carboxylic acid groups (broad SMARTS) is 1. The van der Waals surface area contributed by atoms with Gasteiger partial charge < -0.3 is 15.7 Å². The Balaban J connectivity index is 2.09. The maximum absolute atomic E-state index is 11.5. The van der Waals surface area contributed by atoms with Crippen LogP contribution < -0.4 is 10.6 Å². The van der Waals surface area contributed by atoms with E-state index < -0.39 is 5.97 Å². The molecular formula is C10H12N4O3.